The molecule has 0 radical (unpaired) electrons. The number of hydrogen-bond donors (Lipinski definition) is 1. The molecular weight excluding hydrogens is 448 g/mol. The van der Waals surface area contributed by atoms with Gasteiger partial charge in [-0.25, -0.2) is 4.98 Å². The lowest BCUT2D eigenvalue weighted by atomic mass is 10.1. The van der Waals surface area contributed by atoms with Crippen LogP contribution in [0.2, 0.25) is 0 Å². The van der Waals surface area contributed by atoms with Crippen molar-refractivity contribution >= 4 is 21.6 Å². The summed E-state index contributed by atoms with van der Waals surface area (Å²) in [5.74, 6) is 2.00. The molecule has 0 saturated carbocycles. The van der Waals surface area contributed by atoms with Gasteiger partial charge in [0, 0.05) is 36.6 Å². The third-order valence-corrected chi connectivity index (χ3v) is 8.11. The van der Waals surface area contributed by atoms with E-state index in [-0.39, 0.29) is 17.6 Å². The number of nitrogens with one attached hydrogen (secondary N) is 1. The second-order valence-corrected chi connectivity index (χ2v) is 10.4. The van der Waals surface area contributed by atoms with E-state index in [2.05, 4.69) is 57.8 Å². The van der Waals surface area contributed by atoms with E-state index in [4.69, 9.17) is 9.51 Å². The van der Waals surface area contributed by atoms with Crippen LogP contribution in [0.15, 0.2) is 33.6 Å². The summed E-state index contributed by atoms with van der Waals surface area (Å²) >= 11 is 1.59. The maximum Gasteiger partial charge on any atom is 0.259 e. The normalized spacial score (nSPS) is 17.3. The Labute approximate surface area is 202 Å². The molecule has 1 aliphatic rings. The number of aryl methyl sites for hydroxylation is 3. The summed E-state index contributed by atoms with van der Waals surface area (Å²) in [6.45, 7) is 13.8. The standard InChI is InChI=1S/C25H30N6O2S/c1-14-6-8-19(9-7-14)22-27-24(33-29-22)17(4)31-12-10-30(11-13-31)16(3)21-26-23(32)20-15(2)18(5)34-25(20)28-21/h6-9,16-17H,10-13H2,1-5H3,(H,26,28,32). The van der Waals surface area contributed by atoms with Gasteiger partial charge in [-0.15, -0.1) is 11.3 Å². The van der Waals surface area contributed by atoms with Crippen molar-refractivity contribution in [2.24, 2.45) is 0 Å². The molecule has 0 bridgehead atoms. The highest BCUT2D eigenvalue weighted by Crippen LogP contribution is 2.29. The van der Waals surface area contributed by atoms with Crippen molar-refractivity contribution in [2.45, 2.75) is 46.7 Å². The zero-order valence-corrected chi connectivity index (χ0v) is 21.1. The van der Waals surface area contributed by atoms with Gasteiger partial charge in [0.1, 0.15) is 10.7 Å². The van der Waals surface area contributed by atoms with Crippen LogP contribution in [0.25, 0.3) is 21.6 Å². The molecule has 1 fully saturated rings. The molecule has 4 aromatic rings. The van der Waals surface area contributed by atoms with Crippen molar-refractivity contribution in [1.82, 2.24) is 29.9 Å². The number of nitrogens with zero attached hydrogens (tertiary/aromatic N) is 5. The minimum atomic E-state index is -0.0401. The van der Waals surface area contributed by atoms with Crippen molar-refractivity contribution < 1.29 is 4.52 Å². The van der Waals surface area contributed by atoms with Crippen LogP contribution in [-0.4, -0.2) is 56.1 Å². The Morgan fingerprint density at radius 1 is 0.971 bits per heavy atom. The largest absolute Gasteiger partial charge is 0.337 e. The van der Waals surface area contributed by atoms with Crippen LogP contribution in [-0.2, 0) is 0 Å². The zero-order chi connectivity index (χ0) is 24.0. The number of piperazine rings is 1. The summed E-state index contributed by atoms with van der Waals surface area (Å²) in [6, 6.07) is 8.21. The molecular formula is C25H30N6O2S. The molecule has 9 heteroatoms. The fraction of sp³-hybridized carbons (Fsp3) is 0.440. The molecule has 8 nitrogen and oxygen atoms in total. The van der Waals surface area contributed by atoms with Crippen LogP contribution in [0.3, 0.4) is 0 Å². The molecule has 2 unspecified atom stereocenters. The maximum atomic E-state index is 12.7. The molecule has 4 heterocycles. The molecule has 34 heavy (non-hydrogen) atoms. The van der Waals surface area contributed by atoms with E-state index >= 15 is 0 Å². The van der Waals surface area contributed by atoms with Crippen LogP contribution < -0.4 is 5.56 Å². The van der Waals surface area contributed by atoms with Gasteiger partial charge in [-0.05, 0) is 40.2 Å². The van der Waals surface area contributed by atoms with E-state index in [1.807, 2.05) is 26.0 Å². The van der Waals surface area contributed by atoms with Gasteiger partial charge < -0.3 is 9.51 Å². The molecule has 5 rings (SSSR count). The van der Waals surface area contributed by atoms with Crippen molar-refractivity contribution in [3.8, 4) is 11.4 Å². The minimum Gasteiger partial charge on any atom is -0.337 e. The topological polar surface area (TPSA) is 91.2 Å². The van der Waals surface area contributed by atoms with Crippen molar-refractivity contribution in [1.29, 1.82) is 0 Å². The summed E-state index contributed by atoms with van der Waals surface area (Å²) in [4.78, 5) is 31.9. The molecule has 0 spiro atoms. The highest BCUT2D eigenvalue weighted by molar-refractivity contribution is 7.18. The lowest BCUT2D eigenvalue weighted by molar-refractivity contribution is 0.0656. The molecule has 1 N–H and O–H groups in total. The first-order valence-corrected chi connectivity index (χ1v) is 12.5. The lowest BCUT2D eigenvalue weighted by Crippen LogP contribution is -2.48. The van der Waals surface area contributed by atoms with Crippen LogP contribution >= 0.6 is 11.3 Å². The second kappa shape index (κ2) is 9.05. The average molecular weight is 479 g/mol. The number of rotatable bonds is 5. The van der Waals surface area contributed by atoms with E-state index in [0.717, 1.165) is 58.2 Å². The number of H-pyrrole nitrogens is 1. The Balaban J connectivity index is 1.25. The number of aromatic amines is 1. The Morgan fingerprint density at radius 3 is 2.29 bits per heavy atom. The molecule has 0 amide bonds. The summed E-state index contributed by atoms with van der Waals surface area (Å²) < 4.78 is 5.61. The number of hydrogen-bond acceptors (Lipinski definition) is 8. The highest BCUT2D eigenvalue weighted by Gasteiger charge is 2.29. The Kier molecular flexibility index (Phi) is 6.09. The zero-order valence-electron chi connectivity index (χ0n) is 20.3. The van der Waals surface area contributed by atoms with Gasteiger partial charge in [-0.1, -0.05) is 35.0 Å². The Hall–Kier alpha value is -2.88. The SMILES string of the molecule is Cc1ccc(-c2noc(C(C)N3CCN(C(C)c4nc5sc(C)c(C)c5c(=O)[nH]4)CC3)n2)cc1. The van der Waals surface area contributed by atoms with Crippen molar-refractivity contribution in [3.63, 3.8) is 0 Å². The van der Waals surface area contributed by atoms with E-state index < -0.39 is 0 Å². The Bertz CT molecular complexity index is 1360. The van der Waals surface area contributed by atoms with Crippen LogP contribution in [0.5, 0.6) is 0 Å². The highest BCUT2D eigenvalue weighted by atomic mass is 32.1. The smallest absolute Gasteiger partial charge is 0.259 e. The first kappa shape index (κ1) is 22.9. The summed E-state index contributed by atoms with van der Waals surface area (Å²) in [5, 5.41) is 4.92. The number of thiophene rings is 1. The number of benzene rings is 1. The summed E-state index contributed by atoms with van der Waals surface area (Å²) in [5.41, 5.74) is 3.15. The van der Waals surface area contributed by atoms with Gasteiger partial charge in [-0.2, -0.15) is 4.98 Å². The van der Waals surface area contributed by atoms with Crippen LogP contribution in [0.1, 0.15) is 53.7 Å². The first-order valence-electron chi connectivity index (χ1n) is 11.7. The van der Waals surface area contributed by atoms with Gasteiger partial charge >= 0.3 is 0 Å². The van der Waals surface area contributed by atoms with Gasteiger partial charge in [0.15, 0.2) is 0 Å². The van der Waals surface area contributed by atoms with Gasteiger partial charge in [0.25, 0.3) is 5.56 Å². The van der Waals surface area contributed by atoms with Gasteiger partial charge in [-0.3, -0.25) is 14.6 Å². The van der Waals surface area contributed by atoms with Gasteiger partial charge in [0.05, 0.1) is 17.5 Å². The molecule has 178 valence electrons. The monoisotopic (exact) mass is 478 g/mol. The average Bonchev–Trinajstić information content (AvgIpc) is 3.44. The quantitative estimate of drug-likeness (QED) is 0.455. The molecule has 0 aliphatic carbocycles. The summed E-state index contributed by atoms with van der Waals surface area (Å²) in [7, 11) is 0. The predicted molar refractivity (Wildman–Crippen MR) is 134 cm³/mol. The fourth-order valence-electron chi connectivity index (χ4n) is 4.54. The third kappa shape index (κ3) is 4.19. The molecule has 1 aromatic carbocycles. The molecule has 2 atom stereocenters. The van der Waals surface area contributed by atoms with Gasteiger partial charge in [0.2, 0.25) is 11.7 Å². The van der Waals surface area contributed by atoms with Crippen molar-refractivity contribution in [3.05, 3.63) is 62.3 Å². The Morgan fingerprint density at radius 2 is 1.62 bits per heavy atom. The second-order valence-electron chi connectivity index (χ2n) is 9.16. The van der Waals surface area contributed by atoms with E-state index in [0.29, 0.717) is 11.7 Å². The summed E-state index contributed by atoms with van der Waals surface area (Å²) in [6.07, 6.45) is 0. The third-order valence-electron chi connectivity index (χ3n) is 7.01. The number of aromatic nitrogens is 4. The maximum absolute atomic E-state index is 12.7. The predicted octanol–water partition coefficient (Wildman–Crippen LogP) is 4.40. The van der Waals surface area contributed by atoms with Crippen LogP contribution in [0.4, 0.5) is 0 Å². The first-order chi connectivity index (χ1) is 16.3. The molecule has 1 saturated heterocycles. The van der Waals surface area contributed by atoms with E-state index in [1.54, 1.807) is 11.3 Å². The van der Waals surface area contributed by atoms with Crippen molar-refractivity contribution in [2.75, 3.05) is 26.2 Å². The van der Waals surface area contributed by atoms with E-state index in [1.165, 1.54) is 5.56 Å². The number of fused-ring (bicyclic) bond motifs is 1. The lowest BCUT2D eigenvalue weighted by Gasteiger charge is -2.39. The molecule has 1 aliphatic heterocycles. The van der Waals surface area contributed by atoms with E-state index in [9.17, 15) is 4.79 Å². The van der Waals surface area contributed by atoms with Crippen LogP contribution in [0, 0.1) is 20.8 Å². The fourth-order valence-corrected chi connectivity index (χ4v) is 5.57. The minimum absolute atomic E-state index is 0.0359. The molecule has 3 aromatic heterocycles.